The largest absolute Gasteiger partial charge is 0.345 e. The van der Waals surface area contributed by atoms with Crippen molar-refractivity contribution >= 4 is 33.1 Å². The number of nitrogens with zero attached hydrogens (tertiary/aromatic N) is 5. The lowest BCUT2D eigenvalue weighted by Crippen LogP contribution is -2.46. The summed E-state index contributed by atoms with van der Waals surface area (Å²) >= 11 is 3.31. The van der Waals surface area contributed by atoms with E-state index in [0.717, 1.165) is 54.4 Å². The molecule has 20 heavy (non-hydrogen) atoms. The minimum atomic E-state index is 0.911. The van der Waals surface area contributed by atoms with Gasteiger partial charge in [0.1, 0.15) is 5.82 Å². The molecule has 2 aromatic heterocycles. The molecule has 108 valence electrons. The molecule has 0 N–H and O–H groups in total. The molecule has 1 saturated heterocycles. The van der Waals surface area contributed by atoms with Crippen LogP contribution in [0.25, 0.3) is 0 Å². The molecule has 0 aliphatic carbocycles. The second kappa shape index (κ2) is 5.65. The highest BCUT2D eigenvalue weighted by Gasteiger charge is 2.22. The van der Waals surface area contributed by atoms with Crippen LogP contribution in [0.4, 0.5) is 10.3 Å². The van der Waals surface area contributed by atoms with E-state index >= 15 is 0 Å². The molecule has 0 radical (unpaired) electrons. The Morgan fingerprint density at radius 2 is 1.65 bits per heavy atom. The molecule has 7 heteroatoms. The number of aromatic nitrogens is 3. The van der Waals surface area contributed by atoms with Gasteiger partial charge in [0.15, 0.2) is 5.13 Å². The Labute approximate surface area is 127 Å². The van der Waals surface area contributed by atoms with Crippen molar-refractivity contribution in [2.45, 2.75) is 27.2 Å². The average molecular weight is 309 g/mol. The lowest BCUT2D eigenvalue weighted by atomic mass is 10.3. The number of hydrogen-bond donors (Lipinski definition) is 0. The molecule has 1 aliphatic rings. The van der Waals surface area contributed by atoms with Crippen LogP contribution in [0.3, 0.4) is 0 Å². The van der Waals surface area contributed by atoms with Crippen molar-refractivity contribution in [3.63, 3.8) is 0 Å². The Morgan fingerprint density at radius 1 is 1.00 bits per heavy atom. The fourth-order valence-electron chi connectivity index (χ4n) is 2.20. The molecular formula is C13H19N5S2. The maximum Gasteiger partial charge on any atom is 0.205 e. The fourth-order valence-corrected chi connectivity index (χ4v) is 3.96. The highest BCUT2D eigenvalue weighted by atomic mass is 32.1. The molecule has 0 unspecified atom stereocenters. The Bertz CT molecular complexity index is 564. The van der Waals surface area contributed by atoms with Crippen molar-refractivity contribution in [3.05, 3.63) is 16.4 Å². The maximum absolute atomic E-state index is 4.65. The second-order valence-electron chi connectivity index (χ2n) is 4.96. The van der Waals surface area contributed by atoms with Crippen LogP contribution in [0.2, 0.25) is 0 Å². The first kappa shape index (κ1) is 13.8. The molecule has 0 bridgehead atoms. The standard InChI is InChI=1S/C13H19N5S2/c1-4-11-15-13(20-16-11)18-7-5-17(6-8-18)12-14-9(2)10(3)19-12/h4-8H2,1-3H3. The van der Waals surface area contributed by atoms with E-state index in [0.29, 0.717) is 0 Å². The third-order valence-corrected chi connectivity index (χ3v) is 5.56. The van der Waals surface area contributed by atoms with E-state index < -0.39 is 0 Å². The molecule has 3 heterocycles. The molecule has 0 amide bonds. The first-order valence-electron chi connectivity index (χ1n) is 6.94. The van der Waals surface area contributed by atoms with Crippen molar-refractivity contribution in [1.82, 2.24) is 14.3 Å². The van der Waals surface area contributed by atoms with E-state index in [9.17, 15) is 0 Å². The molecule has 0 aromatic carbocycles. The maximum atomic E-state index is 4.65. The van der Waals surface area contributed by atoms with Gasteiger partial charge in [-0.15, -0.1) is 11.3 Å². The zero-order valence-corrected chi connectivity index (χ0v) is 13.7. The summed E-state index contributed by atoms with van der Waals surface area (Å²) in [5, 5.41) is 2.22. The van der Waals surface area contributed by atoms with Crippen LogP contribution in [0.15, 0.2) is 0 Å². The van der Waals surface area contributed by atoms with Crippen LogP contribution >= 0.6 is 22.9 Å². The monoisotopic (exact) mass is 309 g/mol. The van der Waals surface area contributed by atoms with Crippen LogP contribution in [0.5, 0.6) is 0 Å². The lowest BCUT2D eigenvalue weighted by Gasteiger charge is -2.34. The van der Waals surface area contributed by atoms with Crippen LogP contribution in [0, 0.1) is 13.8 Å². The van der Waals surface area contributed by atoms with Gasteiger partial charge in [-0.25, -0.2) is 9.97 Å². The summed E-state index contributed by atoms with van der Waals surface area (Å²) in [6.45, 7) is 10.3. The first-order valence-corrected chi connectivity index (χ1v) is 8.53. The van der Waals surface area contributed by atoms with E-state index in [4.69, 9.17) is 0 Å². The molecule has 3 rings (SSSR count). The van der Waals surface area contributed by atoms with Crippen molar-refractivity contribution in [3.8, 4) is 0 Å². The third-order valence-electron chi connectivity index (χ3n) is 3.61. The van der Waals surface area contributed by atoms with E-state index in [-0.39, 0.29) is 0 Å². The summed E-state index contributed by atoms with van der Waals surface area (Å²) < 4.78 is 4.37. The van der Waals surface area contributed by atoms with Crippen molar-refractivity contribution in [1.29, 1.82) is 0 Å². The Hall–Kier alpha value is -1.21. The number of hydrogen-bond acceptors (Lipinski definition) is 7. The quantitative estimate of drug-likeness (QED) is 0.871. The Balaban J connectivity index is 1.64. The number of anilines is 2. The van der Waals surface area contributed by atoms with Crippen molar-refractivity contribution < 1.29 is 0 Å². The molecule has 5 nitrogen and oxygen atoms in total. The minimum Gasteiger partial charge on any atom is -0.345 e. The van der Waals surface area contributed by atoms with Gasteiger partial charge in [-0.3, -0.25) is 0 Å². The van der Waals surface area contributed by atoms with E-state index in [2.05, 4.69) is 44.9 Å². The minimum absolute atomic E-state index is 0.911. The second-order valence-corrected chi connectivity index (χ2v) is 6.87. The molecule has 0 saturated carbocycles. The summed E-state index contributed by atoms with van der Waals surface area (Å²) in [6, 6.07) is 0. The topological polar surface area (TPSA) is 45.2 Å². The van der Waals surface area contributed by atoms with E-state index in [1.807, 2.05) is 0 Å². The number of aryl methyl sites for hydroxylation is 3. The summed E-state index contributed by atoms with van der Waals surface area (Å²) in [5.41, 5.74) is 1.16. The first-order chi connectivity index (χ1) is 9.67. The summed E-state index contributed by atoms with van der Waals surface area (Å²) in [5.74, 6) is 0.957. The van der Waals surface area contributed by atoms with E-state index in [1.165, 1.54) is 16.4 Å². The third kappa shape index (κ3) is 2.64. The van der Waals surface area contributed by atoms with Crippen LogP contribution in [0.1, 0.15) is 23.3 Å². The summed E-state index contributed by atoms with van der Waals surface area (Å²) in [6.07, 6.45) is 0.911. The molecular weight excluding hydrogens is 290 g/mol. The van der Waals surface area contributed by atoms with Gasteiger partial charge in [-0.2, -0.15) is 4.37 Å². The Morgan fingerprint density at radius 3 is 2.15 bits per heavy atom. The van der Waals surface area contributed by atoms with Gasteiger partial charge < -0.3 is 9.80 Å². The number of thiazole rings is 1. The van der Waals surface area contributed by atoms with Crippen LogP contribution < -0.4 is 9.80 Å². The average Bonchev–Trinajstić information content (AvgIpc) is 3.07. The Kier molecular flexibility index (Phi) is 3.89. The fraction of sp³-hybridized carbons (Fsp3) is 0.615. The van der Waals surface area contributed by atoms with Gasteiger partial charge in [0.05, 0.1) is 5.69 Å². The zero-order chi connectivity index (χ0) is 14.1. The highest BCUT2D eigenvalue weighted by molar-refractivity contribution is 7.15. The number of rotatable bonds is 3. The van der Waals surface area contributed by atoms with Gasteiger partial charge in [-0.05, 0) is 13.8 Å². The summed E-state index contributed by atoms with van der Waals surface area (Å²) in [4.78, 5) is 15.3. The normalized spacial score (nSPS) is 15.9. The van der Waals surface area contributed by atoms with Gasteiger partial charge in [0, 0.05) is 49.0 Å². The van der Waals surface area contributed by atoms with Gasteiger partial charge in [0.25, 0.3) is 0 Å². The highest BCUT2D eigenvalue weighted by Crippen LogP contribution is 2.27. The zero-order valence-electron chi connectivity index (χ0n) is 12.1. The van der Waals surface area contributed by atoms with Gasteiger partial charge >= 0.3 is 0 Å². The molecule has 0 spiro atoms. The van der Waals surface area contributed by atoms with Crippen molar-refractivity contribution in [2.75, 3.05) is 36.0 Å². The summed E-state index contributed by atoms with van der Waals surface area (Å²) in [7, 11) is 0. The van der Waals surface area contributed by atoms with Gasteiger partial charge in [-0.1, -0.05) is 6.92 Å². The van der Waals surface area contributed by atoms with E-state index in [1.54, 1.807) is 11.3 Å². The lowest BCUT2D eigenvalue weighted by molar-refractivity contribution is 0.649. The number of piperazine rings is 1. The van der Waals surface area contributed by atoms with Crippen molar-refractivity contribution in [2.24, 2.45) is 0 Å². The SMILES string of the molecule is CCc1nsc(N2CCN(c3nc(C)c(C)s3)CC2)n1. The molecule has 1 fully saturated rings. The molecule has 0 atom stereocenters. The van der Waals surface area contributed by atoms with Crippen LogP contribution in [-0.4, -0.2) is 40.5 Å². The van der Waals surface area contributed by atoms with Crippen LogP contribution in [-0.2, 0) is 6.42 Å². The molecule has 1 aliphatic heterocycles. The van der Waals surface area contributed by atoms with Gasteiger partial charge in [0.2, 0.25) is 5.13 Å². The smallest absolute Gasteiger partial charge is 0.205 e. The predicted molar refractivity (Wildman–Crippen MR) is 85.3 cm³/mol. The predicted octanol–water partition coefficient (Wildman–Crippen LogP) is 2.50. The molecule has 2 aromatic rings.